The van der Waals surface area contributed by atoms with Crippen molar-refractivity contribution in [3.05, 3.63) is 47.8 Å². The summed E-state index contributed by atoms with van der Waals surface area (Å²) in [6.07, 6.45) is 7.32. The number of piperidine rings is 1. The number of amides is 1. The van der Waals surface area contributed by atoms with Crippen LogP contribution in [0.1, 0.15) is 53.3 Å². The molecule has 1 aliphatic rings. The summed E-state index contributed by atoms with van der Waals surface area (Å²) in [6, 6.07) is 7.17. The molecule has 1 aromatic heterocycles. The van der Waals surface area contributed by atoms with Crippen molar-refractivity contribution in [1.82, 2.24) is 14.9 Å². The van der Waals surface area contributed by atoms with Crippen LogP contribution in [0.2, 0.25) is 0 Å². The largest absolute Gasteiger partial charge is 0.465 e. The second-order valence-corrected chi connectivity index (χ2v) is 6.55. The Balaban J connectivity index is 1.70. The third-order valence-corrected chi connectivity index (χ3v) is 4.80. The number of hydrogen-bond acceptors (Lipinski definition) is 6. The Labute approximate surface area is 158 Å². The average molecular weight is 368 g/mol. The summed E-state index contributed by atoms with van der Waals surface area (Å²) in [7, 11) is 1.34. The van der Waals surface area contributed by atoms with E-state index in [0.29, 0.717) is 28.8 Å². The van der Waals surface area contributed by atoms with Gasteiger partial charge in [0.1, 0.15) is 0 Å². The number of nitrogens with zero attached hydrogens (tertiary/aromatic N) is 3. The molecule has 0 bridgehead atoms. The predicted molar refractivity (Wildman–Crippen MR) is 102 cm³/mol. The Hall–Kier alpha value is -2.96. The van der Waals surface area contributed by atoms with E-state index in [9.17, 15) is 9.59 Å². The van der Waals surface area contributed by atoms with E-state index < -0.39 is 5.97 Å². The monoisotopic (exact) mass is 368 g/mol. The van der Waals surface area contributed by atoms with Gasteiger partial charge in [-0.15, -0.1) is 0 Å². The minimum absolute atomic E-state index is 0.0132. The van der Waals surface area contributed by atoms with Gasteiger partial charge in [-0.1, -0.05) is 13.0 Å². The average Bonchev–Trinajstić information content (AvgIpc) is 2.73. The fourth-order valence-corrected chi connectivity index (χ4v) is 3.33. The number of rotatable bonds is 5. The molecule has 142 valence electrons. The van der Waals surface area contributed by atoms with Crippen molar-refractivity contribution in [3.63, 3.8) is 0 Å². The molecule has 1 aliphatic heterocycles. The summed E-state index contributed by atoms with van der Waals surface area (Å²) in [5.74, 6) is -0.0624. The quantitative estimate of drug-likeness (QED) is 0.814. The maximum atomic E-state index is 12.8. The highest BCUT2D eigenvalue weighted by molar-refractivity contribution is 5.94. The first-order chi connectivity index (χ1) is 13.1. The van der Waals surface area contributed by atoms with Crippen LogP contribution in [0.15, 0.2) is 36.7 Å². The number of benzene rings is 1. The molecule has 0 radical (unpaired) electrons. The van der Waals surface area contributed by atoms with E-state index >= 15 is 0 Å². The summed E-state index contributed by atoms with van der Waals surface area (Å²) < 4.78 is 4.72. The van der Waals surface area contributed by atoms with Crippen molar-refractivity contribution in [2.75, 3.05) is 19.0 Å². The molecule has 7 nitrogen and oxygen atoms in total. The molecular formula is C20H24N4O3. The first-order valence-electron chi connectivity index (χ1n) is 9.20. The van der Waals surface area contributed by atoms with Crippen LogP contribution in [0.5, 0.6) is 0 Å². The van der Waals surface area contributed by atoms with Crippen LogP contribution in [-0.4, -0.2) is 46.4 Å². The Bertz CT molecular complexity index is 807. The number of esters is 1. The summed E-state index contributed by atoms with van der Waals surface area (Å²) in [5, 5.41) is 3.03. The van der Waals surface area contributed by atoms with Crippen LogP contribution in [0.4, 0.5) is 11.6 Å². The van der Waals surface area contributed by atoms with E-state index in [0.717, 1.165) is 25.8 Å². The zero-order chi connectivity index (χ0) is 19.2. The molecule has 7 heteroatoms. The van der Waals surface area contributed by atoms with E-state index in [1.807, 2.05) is 4.90 Å². The molecule has 1 aromatic carbocycles. The van der Waals surface area contributed by atoms with Gasteiger partial charge in [-0.05, 0) is 43.9 Å². The number of carbonyl (C=O) groups excluding carboxylic acids is 2. The second-order valence-electron chi connectivity index (χ2n) is 6.55. The third-order valence-electron chi connectivity index (χ3n) is 4.80. The van der Waals surface area contributed by atoms with Crippen molar-refractivity contribution in [3.8, 4) is 0 Å². The molecule has 2 heterocycles. The molecule has 2 aromatic rings. The lowest BCUT2D eigenvalue weighted by Crippen LogP contribution is -2.43. The highest BCUT2D eigenvalue weighted by atomic mass is 16.5. The minimum atomic E-state index is -0.410. The van der Waals surface area contributed by atoms with Gasteiger partial charge in [0.15, 0.2) is 0 Å². The number of likely N-dealkylation sites (tertiary alicyclic amines) is 1. The zero-order valence-corrected chi connectivity index (χ0v) is 15.6. The predicted octanol–water partition coefficient (Wildman–Crippen LogP) is 3.41. The first kappa shape index (κ1) is 18.8. The number of carbonyl (C=O) groups is 2. The SMILES string of the molecule is CCC1CCCCN1C(=O)c1cnc(Nc2cccc(C(=O)OC)c2)nc1. The summed E-state index contributed by atoms with van der Waals surface area (Å²) in [4.78, 5) is 34.8. The molecule has 3 rings (SSSR count). The number of hydrogen-bond donors (Lipinski definition) is 1. The number of anilines is 2. The van der Waals surface area contributed by atoms with Gasteiger partial charge in [-0.2, -0.15) is 0 Å². The lowest BCUT2D eigenvalue weighted by atomic mass is 9.99. The molecule has 0 spiro atoms. The zero-order valence-electron chi connectivity index (χ0n) is 15.6. The van der Waals surface area contributed by atoms with Crippen molar-refractivity contribution >= 4 is 23.5 Å². The van der Waals surface area contributed by atoms with Crippen LogP contribution in [0.3, 0.4) is 0 Å². The minimum Gasteiger partial charge on any atom is -0.465 e. The maximum Gasteiger partial charge on any atom is 0.337 e. The van der Waals surface area contributed by atoms with Gasteiger partial charge in [0.05, 0.1) is 18.2 Å². The van der Waals surface area contributed by atoms with E-state index in [-0.39, 0.29) is 5.91 Å². The van der Waals surface area contributed by atoms with Crippen LogP contribution < -0.4 is 5.32 Å². The van der Waals surface area contributed by atoms with Crippen molar-refractivity contribution in [2.45, 2.75) is 38.6 Å². The highest BCUT2D eigenvalue weighted by Gasteiger charge is 2.26. The van der Waals surface area contributed by atoms with Gasteiger partial charge in [-0.3, -0.25) is 4.79 Å². The van der Waals surface area contributed by atoms with Gasteiger partial charge < -0.3 is 15.0 Å². The maximum absolute atomic E-state index is 12.8. The van der Waals surface area contributed by atoms with Crippen LogP contribution in [0.25, 0.3) is 0 Å². The van der Waals surface area contributed by atoms with E-state index in [2.05, 4.69) is 22.2 Å². The molecule has 27 heavy (non-hydrogen) atoms. The van der Waals surface area contributed by atoms with E-state index in [4.69, 9.17) is 4.74 Å². The third kappa shape index (κ3) is 4.42. The normalized spacial score (nSPS) is 16.7. The second kappa shape index (κ2) is 8.62. The van der Waals surface area contributed by atoms with Gasteiger partial charge in [0, 0.05) is 30.7 Å². The topological polar surface area (TPSA) is 84.4 Å². The molecule has 0 aliphatic carbocycles. The summed E-state index contributed by atoms with van der Waals surface area (Å²) >= 11 is 0. The number of ether oxygens (including phenoxy) is 1. The van der Waals surface area contributed by atoms with Crippen molar-refractivity contribution < 1.29 is 14.3 Å². The Kier molecular flexibility index (Phi) is 6.01. The molecule has 1 N–H and O–H groups in total. The number of aromatic nitrogens is 2. The number of nitrogens with one attached hydrogen (secondary N) is 1. The van der Waals surface area contributed by atoms with Gasteiger partial charge >= 0.3 is 5.97 Å². The van der Waals surface area contributed by atoms with Gasteiger partial charge in [0.2, 0.25) is 5.95 Å². The Morgan fingerprint density at radius 3 is 2.70 bits per heavy atom. The fraction of sp³-hybridized carbons (Fsp3) is 0.400. The van der Waals surface area contributed by atoms with Crippen LogP contribution in [0, 0.1) is 0 Å². The van der Waals surface area contributed by atoms with Crippen LogP contribution in [-0.2, 0) is 4.74 Å². The molecule has 1 unspecified atom stereocenters. The molecule has 1 fully saturated rings. The molecule has 1 amide bonds. The molecule has 1 atom stereocenters. The van der Waals surface area contributed by atoms with Crippen LogP contribution >= 0.6 is 0 Å². The summed E-state index contributed by atoms with van der Waals surface area (Å²) in [6.45, 7) is 2.90. The van der Waals surface area contributed by atoms with Gasteiger partial charge in [0.25, 0.3) is 5.91 Å². The lowest BCUT2D eigenvalue weighted by Gasteiger charge is -2.35. The molecular weight excluding hydrogens is 344 g/mol. The first-order valence-corrected chi connectivity index (χ1v) is 9.20. The highest BCUT2D eigenvalue weighted by Crippen LogP contribution is 2.22. The summed E-state index contributed by atoms with van der Waals surface area (Å²) in [5.41, 5.74) is 1.59. The van der Waals surface area contributed by atoms with Gasteiger partial charge in [-0.25, -0.2) is 14.8 Å². The smallest absolute Gasteiger partial charge is 0.337 e. The van der Waals surface area contributed by atoms with E-state index in [1.165, 1.54) is 13.5 Å². The van der Waals surface area contributed by atoms with Crippen molar-refractivity contribution in [2.24, 2.45) is 0 Å². The Morgan fingerprint density at radius 1 is 1.22 bits per heavy atom. The standard InChI is InChI=1S/C20H24N4O3/c1-3-17-9-4-5-10-24(17)18(25)15-12-21-20(22-13-15)23-16-8-6-7-14(11-16)19(26)27-2/h6-8,11-13,17H,3-5,9-10H2,1-2H3,(H,21,22,23). The Morgan fingerprint density at radius 2 is 2.00 bits per heavy atom. The van der Waals surface area contributed by atoms with Crippen molar-refractivity contribution in [1.29, 1.82) is 0 Å². The number of methoxy groups -OCH3 is 1. The fourth-order valence-electron chi connectivity index (χ4n) is 3.33. The van der Waals surface area contributed by atoms with E-state index in [1.54, 1.807) is 36.7 Å². The molecule has 0 saturated carbocycles. The molecule has 1 saturated heterocycles. The lowest BCUT2D eigenvalue weighted by molar-refractivity contribution is 0.0595.